The molecule has 8 nitrogen and oxygen atoms in total. The summed E-state index contributed by atoms with van der Waals surface area (Å²) >= 11 is 0. The van der Waals surface area contributed by atoms with Crippen molar-refractivity contribution in [1.29, 1.82) is 0 Å². The summed E-state index contributed by atoms with van der Waals surface area (Å²) in [7, 11) is 0. The lowest BCUT2D eigenvalue weighted by molar-refractivity contribution is 0.0717. The minimum Gasteiger partial charge on any atom is -0.472 e. The van der Waals surface area contributed by atoms with Crippen molar-refractivity contribution in [3.05, 3.63) is 48.6 Å². The molecule has 27 heavy (non-hydrogen) atoms. The first kappa shape index (κ1) is 17.6. The summed E-state index contributed by atoms with van der Waals surface area (Å²) in [4.78, 5) is 16.8. The van der Waals surface area contributed by atoms with E-state index in [-0.39, 0.29) is 18.7 Å². The molecule has 0 bridgehead atoms. The maximum Gasteiger partial charge on any atom is 0.321 e. The van der Waals surface area contributed by atoms with E-state index in [1.54, 1.807) is 18.7 Å². The highest BCUT2D eigenvalue weighted by molar-refractivity contribution is 5.92. The van der Waals surface area contributed by atoms with Gasteiger partial charge in [-0.15, -0.1) is 0 Å². The average molecular weight is 369 g/mol. The Hall–Kier alpha value is -2.84. The van der Waals surface area contributed by atoms with Crippen molar-refractivity contribution < 1.29 is 14.3 Å². The molecule has 4 rings (SSSR count). The van der Waals surface area contributed by atoms with E-state index >= 15 is 0 Å². The van der Waals surface area contributed by atoms with Crippen LogP contribution in [0.3, 0.4) is 0 Å². The molecule has 2 aromatic heterocycles. The Kier molecular flexibility index (Phi) is 5.08. The van der Waals surface area contributed by atoms with E-state index in [1.807, 2.05) is 29.2 Å². The summed E-state index contributed by atoms with van der Waals surface area (Å²) in [5.74, 6) is 0. The average Bonchev–Trinajstić information content (AvgIpc) is 3.34. The van der Waals surface area contributed by atoms with Gasteiger partial charge in [-0.25, -0.2) is 4.79 Å². The molecule has 0 spiro atoms. The fourth-order valence-electron chi connectivity index (χ4n) is 3.55. The monoisotopic (exact) mass is 369 g/mol. The summed E-state index contributed by atoms with van der Waals surface area (Å²) in [5.41, 5.74) is 2.78. The van der Waals surface area contributed by atoms with Crippen molar-refractivity contribution in [1.82, 2.24) is 20.0 Å². The number of aromatic nitrogens is 2. The minimum absolute atomic E-state index is 0.0964. The van der Waals surface area contributed by atoms with E-state index in [1.165, 1.54) is 0 Å². The van der Waals surface area contributed by atoms with Gasteiger partial charge in [-0.3, -0.25) is 10.00 Å². The maximum atomic E-state index is 12.7. The summed E-state index contributed by atoms with van der Waals surface area (Å²) in [6.07, 6.45) is 5.76. The van der Waals surface area contributed by atoms with Gasteiger partial charge in [0.1, 0.15) is 0 Å². The molecule has 1 fully saturated rings. The van der Waals surface area contributed by atoms with Crippen LogP contribution >= 0.6 is 0 Å². The smallest absolute Gasteiger partial charge is 0.321 e. The van der Waals surface area contributed by atoms with Crippen molar-refractivity contribution >= 4 is 22.6 Å². The summed E-state index contributed by atoms with van der Waals surface area (Å²) in [6.45, 7) is 2.83. The number of hydrogen-bond acceptors (Lipinski definition) is 5. The van der Waals surface area contributed by atoms with Gasteiger partial charge in [-0.05, 0) is 30.7 Å². The van der Waals surface area contributed by atoms with Crippen molar-refractivity contribution in [3.8, 4) is 0 Å². The van der Waals surface area contributed by atoms with Gasteiger partial charge >= 0.3 is 6.03 Å². The highest BCUT2D eigenvalue weighted by atomic mass is 16.3. The van der Waals surface area contributed by atoms with Crippen LogP contribution in [0, 0.1) is 0 Å². The number of urea groups is 1. The number of aromatic amines is 1. The predicted octanol–water partition coefficient (Wildman–Crippen LogP) is 2.26. The highest BCUT2D eigenvalue weighted by Crippen LogP contribution is 2.20. The molecule has 0 radical (unpaired) electrons. The van der Waals surface area contributed by atoms with Crippen molar-refractivity contribution in [2.75, 3.05) is 31.6 Å². The lowest BCUT2D eigenvalue weighted by Gasteiger charge is -2.41. The van der Waals surface area contributed by atoms with E-state index < -0.39 is 0 Å². The summed E-state index contributed by atoms with van der Waals surface area (Å²) in [6, 6.07) is 7.59. The van der Waals surface area contributed by atoms with Gasteiger partial charge in [-0.2, -0.15) is 5.10 Å². The number of piperazine rings is 1. The van der Waals surface area contributed by atoms with Crippen LogP contribution in [0.2, 0.25) is 0 Å². The van der Waals surface area contributed by atoms with Crippen LogP contribution < -0.4 is 5.32 Å². The third-order valence-electron chi connectivity index (χ3n) is 5.01. The largest absolute Gasteiger partial charge is 0.472 e. The van der Waals surface area contributed by atoms with Gasteiger partial charge in [0, 0.05) is 55.5 Å². The number of hydrogen-bond donors (Lipinski definition) is 3. The Morgan fingerprint density at radius 3 is 3.11 bits per heavy atom. The number of carbonyl (C=O) groups excluding carboxylic acids is 1. The topological polar surface area (TPSA) is 97.6 Å². The normalized spacial score (nSPS) is 18.1. The minimum atomic E-state index is -0.122. The molecule has 2 amide bonds. The van der Waals surface area contributed by atoms with E-state index in [9.17, 15) is 9.90 Å². The molecule has 8 heteroatoms. The third kappa shape index (κ3) is 3.96. The van der Waals surface area contributed by atoms with E-state index in [2.05, 4.69) is 20.4 Å². The Bertz CT molecular complexity index is 892. The van der Waals surface area contributed by atoms with E-state index in [4.69, 9.17) is 4.42 Å². The second kappa shape index (κ2) is 7.81. The van der Waals surface area contributed by atoms with Crippen molar-refractivity contribution in [3.63, 3.8) is 0 Å². The van der Waals surface area contributed by atoms with Gasteiger partial charge in [0.25, 0.3) is 0 Å². The molecule has 0 saturated carbocycles. The first-order valence-corrected chi connectivity index (χ1v) is 9.08. The van der Waals surface area contributed by atoms with Crippen molar-refractivity contribution in [2.24, 2.45) is 0 Å². The standard InChI is InChI=1S/C19H23N5O3/c25-7-3-17-12-24(6-5-23(17)11-14-4-8-27-13-14)19(26)21-16-1-2-18-15(9-16)10-20-22-18/h1-2,4,8-10,13,17,25H,3,5-7,11-12H2,(H,20,22)(H,21,26). The number of amides is 2. The predicted molar refractivity (Wildman–Crippen MR) is 101 cm³/mol. The molecule has 0 aliphatic carbocycles. The Morgan fingerprint density at radius 1 is 1.37 bits per heavy atom. The van der Waals surface area contributed by atoms with Gasteiger partial charge in [-0.1, -0.05) is 0 Å². The van der Waals surface area contributed by atoms with Gasteiger partial charge in [0.15, 0.2) is 0 Å². The van der Waals surface area contributed by atoms with Crippen LogP contribution in [0.5, 0.6) is 0 Å². The Labute approximate surface area is 156 Å². The number of rotatable bonds is 5. The number of aliphatic hydroxyl groups is 1. The molecule has 1 unspecified atom stereocenters. The highest BCUT2D eigenvalue weighted by Gasteiger charge is 2.29. The zero-order valence-electron chi connectivity index (χ0n) is 15.0. The number of furan rings is 1. The van der Waals surface area contributed by atoms with Gasteiger partial charge < -0.3 is 19.7 Å². The number of fused-ring (bicyclic) bond motifs is 1. The third-order valence-corrected chi connectivity index (χ3v) is 5.01. The number of aliphatic hydroxyl groups excluding tert-OH is 1. The van der Waals surface area contributed by atoms with E-state index in [0.717, 1.165) is 35.2 Å². The number of nitrogens with one attached hydrogen (secondary N) is 2. The van der Waals surface area contributed by atoms with Crippen molar-refractivity contribution in [2.45, 2.75) is 19.0 Å². The number of carbonyl (C=O) groups is 1. The van der Waals surface area contributed by atoms with Crippen LogP contribution in [0.15, 0.2) is 47.4 Å². The fourth-order valence-corrected chi connectivity index (χ4v) is 3.55. The first-order chi connectivity index (χ1) is 13.2. The van der Waals surface area contributed by atoms with Crippen LogP contribution in [-0.4, -0.2) is 63.4 Å². The second-order valence-corrected chi connectivity index (χ2v) is 6.82. The number of anilines is 1. The van der Waals surface area contributed by atoms with Gasteiger partial charge in [0.05, 0.1) is 24.2 Å². The lowest BCUT2D eigenvalue weighted by atomic mass is 10.1. The number of H-pyrrole nitrogens is 1. The summed E-state index contributed by atoms with van der Waals surface area (Å²) < 4.78 is 5.14. The molecule has 142 valence electrons. The number of benzene rings is 1. The van der Waals surface area contributed by atoms with E-state index in [0.29, 0.717) is 19.5 Å². The Morgan fingerprint density at radius 2 is 2.30 bits per heavy atom. The zero-order chi connectivity index (χ0) is 18.6. The SMILES string of the molecule is O=C(Nc1ccc2[nH]ncc2c1)N1CCN(Cc2ccoc2)C(CCO)C1. The van der Waals surface area contributed by atoms with Crippen LogP contribution in [-0.2, 0) is 6.54 Å². The Balaban J connectivity index is 1.40. The fraction of sp³-hybridized carbons (Fsp3) is 0.368. The number of nitrogens with zero attached hydrogens (tertiary/aromatic N) is 3. The molecule has 3 aromatic rings. The second-order valence-electron chi connectivity index (χ2n) is 6.82. The molecule has 3 heterocycles. The van der Waals surface area contributed by atoms with Crippen LogP contribution in [0.25, 0.3) is 10.9 Å². The quantitative estimate of drug-likeness (QED) is 0.641. The van der Waals surface area contributed by atoms with Crippen LogP contribution in [0.1, 0.15) is 12.0 Å². The molecule has 1 aromatic carbocycles. The molecule has 1 aliphatic heterocycles. The van der Waals surface area contributed by atoms with Gasteiger partial charge in [0.2, 0.25) is 0 Å². The maximum absolute atomic E-state index is 12.7. The molecule has 1 aliphatic rings. The van der Waals surface area contributed by atoms with Crippen LogP contribution in [0.4, 0.5) is 10.5 Å². The lowest BCUT2D eigenvalue weighted by Crippen LogP contribution is -2.55. The zero-order valence-corrected chi connectivity index (χ0v) is 15.0. The summed E-state index contributed by atoms with van der Waals surface area (Å²) in [5, 5.41) is 20.2. The first-order valence-electron chi connectivity index (χ1n) is 9.08. The molecule has 1 atom stereocenters. The molecule has 1 saturated heterocycles. The molecule has 3 N–H and O–H groups in total. The molecular formula is C19H23N5O3. The molecular weight excluding hydrogens is 346 g/mol.